The minimum Gasteiger partial charge on any atom is -0.396 e. The van der Waals surface area contributed by atoms with Crippen LogP contribution in [-0.2, 0) is 4.74 Å². The van der Waals surface area contributed by atoms with Gasteiger partial charge >= 0.3 is 24.2 Å². The second kappa shape index (κ2) is 8.11. The Hall–Kier alpha value is -0.640. The van der Waals surface area contributed by atoms with Gasteiger partial charge in [0, 0.05) is 13.2 Å². The average Bonchev–Trinajstić information content (AvgIpc) is 2.37. The van der Waals surface area contributed by atoms with Crippen LogP contribution < -0.4 is 0 Å². The van der Waals surface area contributed by atoms with E-state index in [0.29, 0.717) is 19.3 Å². The van der Waals surface area contributed by atoms with Crippen molar-refractivity contribution in [2.24, 2.45) is 0 Å². The molecule has 2 nitrogen and oxygen atoms in total. The maximum Gasteiger partial charge on any atom is 0.380 e. The van der Waals surface area contributed by atoms with E-state index in [1.165, 1.54) is 0 Å². The lowest BCUT2D eigenvalue weighted by Gasteiger charge is -2.32. The van der Waals surface area contributed by atoms with Crippen LogP contribution in [0.4, 0.5) is 35.1 Å². The van der Waals surface area contributed by atoms with Gasteiger partial charge in [-0.1, -0.05) is 12.8 Å². The van der Waals surface area contributed by atoms with E-state index in [1.807, 2.05) is 0 Å². The minimum absolute atomic E-state index is 0.0616. The predicted octanol–water partition coefficient (Wildman–Crippen LogP) is 3.73. The lowest BCUT2D eigenvalue weighted by Crippen LogP contribution is -2.59. The standard InChI is InChI=1S/C11H16F8O2/c12-8(13)10(16,17)11(18,19)9(14,15)7-21-6-4-2-1-3-5-20/h8,20H,1-7H2. The molecule has 21 heavy (non-hydrogen) atoms. The maximum atomic E-state index is 13.0. The van der Waals surface area contributed by atoms with Crippen LogP contribution in [0.3, 0.4) is 0 Å². The maximum absolute atomic E-state index is 13.0. The molecule has 0 heterocycles. The van der Waals surface area contributed by atoms with Gasteiger partial charge in [-0.05, 0) is 12.8 Å². The van der Waals surface area contributed by atoms with Crippen LogP contribution in [0.15, 0.2) is 0 Å². The smallest absolute Gasteiger partial charge is 0.380 e. The molecule has 0 bridgehead atoms. The van der Waals surface area contributed by atoms with Crippen LogP contribution in [0.5, 0.6) is 0 Å². The zero-order valence-corrected chi connectivity index (χ0v) is 10.9. The molecule has 0 fully saturated rings. The molecular weight excluding hydrogens is 316 g/mol. The van der Waals surface area contributed by atoms with Crippen molar-refractivity contribution in [3.8, 4) is 0 Å². The van der Waals surface area contributed by atoms with Crippen molar-refractivity contribution in [3.05, 3.63) is 0 Å². The molecule has 0 amide bonds. The van der Waals surface area contributed by atoms with Crippen molar-refractivity contribution in [1.82, 2.24) is 0 Å². The summed E-state index contributed by atoms with van der Waals surface area (Å²) in [6.45, 7) is -2.55. The monoisotopic (exact) mass is 332 g/mol. The van der Waals surface area contributed by atoms with Crippen molar-refractivity contribution in [2.45, 2.75) is 49.9 Å². The lowest BCUT2D eigenvalue weighted by atomic mass is 10.1. The summed E-state index contributed by atoms with van der Waals surface area (Å²) < 4.78 is 104. The minimum atomic E-state index is -6.22. The molecule has 0 aromatic rings. The Morgan fingerprint density at radius 2 is 1.38 bits per heavy atom. The van der Waals surface area contributed by atoms with Crippen molar-refractivity contribution >= 4 is 0 Å². The molecule has 0 aliphatic heterocycles. The first-order valence-electron chi connectivity index (χ1n) is 6.11. The third-order valence-corrected chi connectivity index (χ3v) is 2.63. The number of rotatable bonds is 11. The Morgan fingerprint density at radius 3 is 1.86 bits per heavy atom. The summed E-state index contributed by atoms with van der Waals surface area (Å²) in [5.74, 6) is -17.8. The molecule has 0 atom stereocenters. The van der Waals surface area contributed by atoms with E-state index in [2.05, 4.69) is 4.74 Å². The molecule has 128 valence electrons. The van der Waals surface area contributed by atoms with Gasteiger partial charge in [-0.2, -0.15) is 26.3 Å². The molecule has 0 rings (SSSR count). The molecule has 0 saturated heterocycles. The van der Waals surface area contributed by atoms with Crippen molar-refractivity contribution < 1.29 is 45.0 Å². The molecule has 0 aliphatic carbocycles. The first-order chi connectivity index (χ1) is 9.50. The highest BCUT2D eigenvalue weighted by Crippen LogP contribution is 2.48. The van der Waals surface area contributed by atoms with E-state index in [9.17, 15) is 35.1 Å². The van der Waals surface area contributed by atoms with Gasteiger partial charge in [0.2, 0.25) is 0 Å². The van der Waals surface area contributed by atoms with Gasteiger partial charge in [0.05, 0.1) is 0 Å². The predicted molar refractivity (Wildman–Crippen MR) is 57.2 cm³/mol. The summed E-state index contributed by atoms with van der Waals surface area (Å²) in [7, 11) is 0. The average molecular weight is 332 g/mol. The molecule has 0 aromatic heterocycles. The summed E-state index contributed by atoms with van der Waals surface area (Å²) in [6.07, 6.45) is -3.26. The Bertz CT molecular complexity index is 296. The van der Waals surface area contributed by atoms with E-state index < -0.39 is 37.4 Å². The molecule has 0 unspecified atom stereocenters. The van der Waals surface area contributed by atoms with Gasteiger partial charge in [-0.25, -0.2) is 8.78 Å². The fourth-order valence-electron chi connectivity index (χ4n) is 1.34. The fourth-order valence-corrected chi connectivity index (χ4v) is 1.34. The summed E-state index contributed by atoms with van der Waals surface area (Å²) in [5.41, 5.74) is 0. The normalized spacial score (nSPS) is 14.0. The summed E-state index contributed by atoms with van der Waals surface area (Å²) in [4.78, 5) is 0. The van der Waals surface area contributed by atoms with E-state index >= 15 is 0 Å². The van der Waals surface area contributed by atoms with Crippen LogP contribution in [0.25, 0.3) is 0 Å². The Kier molecular flexibility index (Phi) is 7.87. The van der Waals surface area contributed by atoms with Crippen LogP contribution in [0, 0.1) is 0 Å². The largest absolute Gasteiger partial charge is 0.396 e. The van der Waals surface area contributed by atoms with E-state index in [-0.39, 0.29) is 13.0 Å². The molecule has 0 radical (unpaired) electrons. The van der Waals surface area contributed by atoms with Crippen molar-refractivity contribution in [3.63, 3.8) is 0 Å². The number of hydrogen-bond donors (Lipinski definition) is 1. The second-order valence-corrected chi connectivity index (χ2v) is 4.39. The molecular formula is C11H16F8O2. The van der Waals surface area contributed by atoms with Crippen LogP contribution in [0.1, 0.15) is 25.7 Å². The second-order valence-electron chi connectivity index (χ2n) is 4.39. The van der Waals surface area contributed by atoms with Crippen molar-refractivity contribution in [1.29, 1.82) is 0 Å². The Morgan fingerprint density at radius 1 is 0.857 bits per heavy atom. The van der Waals surface area contributed by atoms with E-state index in [4.69, 9.17) is 5.11 Å². The first kappa shape index (κ1) is 20.4. The SMILES string of the molecule is OCCCCCCOCC(F)(F)C(F)(F)C(F)(F)C(F)F. The van der Waals surface area contributed by atoms with Crippen LogP contribution >= 0.6 is 0 Å². The highest BCUT2D eigenvalue weighted by atomic mass is 19.4. The van der Waals surface area contributed by atoms with Crippen LogP contribution in [0.2, 0.25) is 0 Å². The highest BCUT2D eigenvalue weighted by Gasteiger charge is 2.75. The molecule has 0 aromatic carbocycles. The Labute approximate surface area is 116 Å². The zero-order chi connectivity index (χ0) is 16.7. The molecule has 0 saturated carbocycles. The third kappa shape index (κ3) is 5.24. The number of halogens is 8. The first-order valence-corrected chi connectivity index (χ1v) is 6.11. The molecule has 1 N–H and O–H groups in total. The Balaban J connectivity index is 4.35. The van der Waals surface area contributed by atoms with Crippen LogP contribution in [-0.4, -0.2) is 49.1 Å². The molecule has 0 spiro atoms. The number of aliphatic hydroxyl groups excluding tert-OH is 1. The zero-order valence-electron chi connectivity index (χ0n) is 10.9. The lowest BCUT2D eigenvalue weighted by molar-refractivity contribution is -0.346. The fraction of sp³-hybridized carbons (Fsp3) is 1.00. The number of unbranched alkanes of at least 4 members (excludes halogenated alkanes) is 3. The van der Waals surface area contributed by atoms with Gasteiger partial charge < -0.3 is 9.84 Å². The number of hydrogen-bond acceptors (Lipinski definition) is 2. The number of alkyl halides is 8. The summed E-state index contributed by atoms with van der Waals surface area (Å²) in [6, 6.07) is 0. The quantitative estimate of drug-likeness (QED) is 0.461. The third-order valence-electron chi connectivity index (χ3n) is 2.63. The van der Waals surface area contributed by atoms with Gasteiger partial charge in [0.1, 0.15) is 6.61 Å². The van der Waals surface area contributed by atoms with Gasteiger partial charge in [-0.3, -0.25) is 0 Å². The summed E-state index contributed by atoms with van der Waals surface area (Å²) in [5, 5.41) is 8.44. The van der Waals surface area contributed by atoms with Crippen molar-refractivity contribution in [2.75, 3.05) is 19.8 Å². The summed E-state index contributed by atoms with van der Waals surface area (Å²) >= 11 is 0. The number of aliphatic hydroxyl groups is 1. The van der Waals surface area contributed by atoms with Gasteiger partial charge in [0.25, 0.3) is 0 Å². The van der Waals surface area contributed by atoms with Gasteiger partial charge in [-0.15, -0.1) is 0 Å². The van der Waals surface area contributed by atoms with E-state index in [1.54, 1.807) is 0 Å². The molecule has 10 heteroatoms. The topological polar surface area (TPSA) is 29.5 Å². The number of ether oxygens (including phenoxy) is 1. The highest BCUT2D eigenvalue weighted by molar-refractivity contribution is 4.97. The van der Waals surface area contributed by atoms with Gasteiger partial charge in [0.15, 0.2) is 0 Å². The molecule has 0 aliphatic rings. The van der Waals surface area contributed by atoms with E-state index in [0.717, 1.165) is 0 Å².